The zero-order chi connectivity index (χ0) is 10.5. The van der Waals surface area contributed by atoms with E-state index in [1.165, 1.54) is 30.8 Å². The first kappa shape index (κ1) is 11.1. The van der Waals surface area contributed by atoms with E-state index in [2.05, 4.69) is 22.4 Å². The molecule has 0 aliphatic carbocycles. The Bertz CT molecular complexity index is 273. The molecule has 0 unspecified atom stereocenters. The molecule has 2 heterocycles. The highest BCUT2D eigenvalue weighted by Crippen LogP contribution is 2.34. The van der Waals surface area contributed by atoms with Gasteiger partial charge < -0.3 is 4.74 Å². The molecule has 2 rings (SSSR count). The van der Waals surface area contributed by atoms with Gasteiger partial charge in [-0.25, -0.2) is 0 Å². The Morgan fingerprint density at radius 1 is 1.60 bits per heavy atom. The van der Waals surface area contributed by atoms with Crippen LogP contribution in [0.1, 0.15) is 30.2 Å². The van der Waals surface area contributed by atoms with Crippen LogP contribution >= 0.6 is 11.3 Å². The molecule has 1 aromatic rings. The lowest BCUT2D eigenvalue weighted by Crippen LogP contribution is -2.24. The second kappa shape index (κ2) is 5.64. The van der Waals surface area contributed by atoms with Crippen molar-refractivity contribution in [3.63, 3.8) is 0 Å². The molecule has 0 aromatic carbocycles. The summed E-state index contributed by atoms with van der Waals surface area (Å²) in [6, 6.07) is 5.11. The van der Waals surface area contributed by atoms with Crippen molar-refractivity contribution in [3.8, 4) is 0 Å². The molecule has 0 bridgehead atoms. The minimum Gasteiger partial charge on any atom is -0.385 e. The van der Waals surface area contributed by atoms with E-state index in [0.29, 0.717) is 6.04 Å². The fourth-order valence-corrected chi connectivity index (χ4v) is 3.20. The number of methoxy groups -OCH3 is 1. The van der Waals surface area contributed by atoms with Crippen molar-refractivity contribution < 1.29 is 4.74 Å². The summed E-state index contributed by atoms with van der Waals surface area (Å²) < 4.78 is 5.10. The monoisotopic (exact) mass is 225 g/mol. The van der Waals surface area contributed by atoms with Crippen molar-refractivity contribution >= 4 is 11.3 Å². The number of nitrogens with zero attached hydrogens (tertiary/aromatic N) is 1. The topological polar surface area (TPSA) is 12.5 Å². The Kier molecular flexibility index (Phi) is 4.18. The van der Waals surface area contributed by atoms with E-state index in [4.69, 9.17) is 4.74 Å². The van der Waals surface area contributed by atoms with Gasteiger partial charge in [-0.05, 0) is 37.3 Å². The quantitative estimate of drug-likeness (QED) is 0.714. The highest BCUT2D eigenvalue weighted by atomic mass is 32.1. The summed E-state index contributed by atoms with van der Waals surface area (Å²) in [5, 5.41) is 2.18. The van der Waals surface area contributed by atoms with Gasteiger partial charge in [-0.2, -0.15) is 0 Å². The minimum absolute atomic E-state index is 0.682. The molecule has 1 saturated heterocycles. The molecule has 0 spiro atoms. The smallest absolute Gasteiger partial charge is 0.0474 e. The molecule has 1 fully saturated rings. The second-order valence-electron chi connectivity index (χ2n) is 4.06. The van der Waals surface area contributed by atoms with Crippen molar-refractivity contribution in [1.82, 2.24) is 4.90 Å². The summed E-state index contributed by atoms with van der Waals surface area (Å²) in [6.45, 7) is 3.32. The molecule has 1 aromatic heterocycles. The van der Waals surface area contributed by atoms with E-state index >= 15 is 0 Å². The summed E-state index contributed by atoms with van der Waals surface area (Å²) in [5.74, 6) is 0. The van der Waals surface area contributed by atoms with Crippen molar-refractivity contribution in [2.75, 3.05) is 26.8 Å². The van der Waals surface area contributed by atoms with Gasteiger partial charge in [0.2, 0.25) is 0 Å². The number of hydrogen-bond acceptors (Lipinski definition) is 3. The highest BCUT2D eigenvalue weighted by Gasteiger charge is 2.25. The van der Waals surface area contributed by atoms with Crippen molar-refractivity contribution in [2.24, 2.45) is 0 Å². The van der Waals surface area contributed by atoms with E-state index in [1.807, 2.05) is 11.3 Å². The molecule has 0 N–H and O–H groups in total. The van der Waals surface area contributed by atoms with Crippen molar-refractivity contribution in [1.29, 1.82) is 0 Å². The van der Waals surface area contributed by atoms with E-state index in [1.54, 1.807) is 7.11 Å². The Hall–Kier alpha value is -0.380. The van der Waals surface area contributed by atoms with E-state index < -0.39 is 0 Å². The third kappa shape index (κ3) is 2.80. The molecule has 1 aliphatic heterocycles. The molecule has 2 nitrogen and oxygen atoms in total. The lowest BCUT2D eigenvalue weighted by molar-refractivity contribution is 0.168. The van der Waals surface area contributed by atoms with Crippen LogP contribution in [0.5, 0.6) is 0 Å². The third-order valence-corrected chi connectivity index (χ3v) is 4.00. The molecule has 3 heteroatoms. The Labute approximate surface area is 95.9 Å². The van der Waals surface area contributed by atoms with E-state index in [-0.39, 0.29) is 0 Å². The first-order valence-electron chi connectivity index (χ1n) is 5.68. The molecule has 84 valence electrons. The standard InChI is InChI=1S/C12H19NOS/c1-14-9-4-8-13-7-2-5-11(13)12-6-3-10-15-12/h3,6,10-11H,2,4-5,7-9H2,1H3/t11-/m1/s1. The second-order valence-corrected chi connectivity index (χ2v) is 5.04. The number of ether oxygens (including phenoxy) is 1. The van der Waals surface area contributed by atoms with Crippen LogP contribution in [0.3, 0.4) is 0 Å². The van der Waals surface area contributed by atoms with Gasteiger partial charge in [-0.3, -0.25) is 4.90 Å². The summed E-state index contributed by atoms with van der Waals surface area (Å²) >= 11 is 1.89. The fraction of sp³-hybridized carbons (Fsp3) is 0.667. The summed E-state index contributed by atoms with van der Waals surface area (Å²) in [5.41, 5.74) is 0. The summed E-state index contributed by atoms with van der Waals surface area (Å²) in [4.78, 5) is 4.13. The summed E-state index contributed by atoms with van der Waals surface area (Å²) in [6.07, 6.45) is 3.82. The largest absolute Gasteiger partial charge is 0.385 e. The van der Waals surface area contributed by atoms with Gasteiger partial charge in [-0.1, -0.05) is 6.07 Å². The van der Waals surface area contributed by atoms with Crippen molar-refractivity contribution in [3.05, 3.63) is 22.4 Å². The van der Waals surface area contributed by atoms with Crippen molar-refractivity contribution in [2.45, 2.75) is 25.3 Å². The normalized spacial score (nSPS) is 22.3. The zero-order valence-electron chi connectivity index (χ0n) is 9.32. The molecule has 15 heavy (non-hydrogen) atoms. The molecule has 0 radical (unpaired) electrons. The van der Waals surface area contributed by atoms with Gasteiger partial charge in [0, 0.05) is 31.2 Å². The van der Waals surface area contributed by atoms with Crippen LogP contribution in [-0.4, -0.2) is 31.7 Å². The molecule has 0 saturated carbocycles. The van der Waals surface area contributed by atoms with Crippen LogP contribution < -0.4 is 0 Å². The number of rotatable bonds is 5. The highest BCUT2D eigenvalue weighted by molar-refractivity contribution is 7.10. The van der Waals surface area contributed by atoms with Gasteiger partial charge in [0.15, 0.2) is 0 Å². The van der Waals surface area contributed by atoms with Crippen LogP contribution in [-0.2, 0) is 4.74 Å². The first-order valence-corrected chi connectivity index (χ1v) is 6.56. The molecule has 1 atom stereocenters. The SMILES string of the molecule is COCCCN1CCC[C@@H]1c1cccs1. The molecule has 0 amide bonds. The van der Waals surface area contributed by atoms with Crippen LogP contribution in [0.2, 0.25) is 0 Å². The minimum atomic E-state index is 0.682. The maximum atomic E-state index is 5.10. The van der Waals surface area contributed by atoms with Crippen LogP contribution in [0.15, 0.2) is 17.5 Å². The predicted molar refractivity (Wildman–Crippen MR) is 64.4 cm³/mol. The average Bonchev–Trinajstić information content (AvgIpc) is 2.87. The Morgan fingerprint density at radius 3 is 3.27 bits per heavy atom. The van der Waals surface area contributed by atoms with Crippen LogP contribution in [0.25, 0.3) is 0 Å². The fourth-order valence-electron chi connectivity index (χ4n) is 2.31. The Morgan fingerprint density at radius 2 is 2.53 bits per heavy atom. The van der Waals surface area contributed by atoms with Crippen LogP contribution in [0.4, 0.5) is 0 Å². The maximum absolute atomic E-state index is 5.10. The summed E-state index contributed by atoms with van der Waals surface area (Å²) in [7, 11) is 1.78. The molecular formula is C12H19NOS. The van der Waals surface area contributed by atoms with Gasteiger partial charge in [0.25, 0.3) is 0 Å². The lowest BCUT2D eigenvalue weighted by atomic mass is 10.2. The lowest BCUT2D eigenvalue weighted by Gasteiger charge is -2.23. The number of thiophene rings is 1. The van der Waals surface area contributed by atoms with Gasteiger partial charge >= 0.3 is 0 Å². The van der Waals surface area contributed by atoms with E-state index in [0.717, 1.165) is 13.0 Å². The van der Waals surface area contributed by atoms with Gasteiger partial charge in [0.1, 0.15) is 0 Å². The molecule has 1 aliphatic rings. The molecular weight excluding hydrogens is 206 g/mol. The average molecular weight is 225 g/mol. The number of likely N-dealkylation sites (tertiary alicyclic amines) is 1. The van der Waals surface area contributed by atoms with Gasteiger partial charge in [0.05, 0.1) is 0 Å². The van der Waals surface area contributed by atoms with E-state index in [9.17, 15) is 0 Å². The first-order chi connectivity index (χ1) is 7.42. The van der Waals surface area contributed by atoms with Crippen LogP contribution in [0, 0.1) is 0 Å². The Balaban J connectivity index is 1.88. The maximum Gasteiger partial charge on any atom is 0.0474 e. The van der Waals surface area contributed by atoms with Gasteiger partial charge in [-0.15, -0.1) is 11.3 Å². The third-order valence-electron chi connectivity index (χ3n) is 3.03. The predicted octanol–water partition coefficient (Wildman–Crippen LogP) is 2.92. The number of hydrogen-bond donors (Lipinski definition) is 0. The zero-order valence-corrected chi connectivity index (χ0v) is 10.1.